The van der Waals surface area contributed by atoms with E-state index < -0.39 is 5.41 Å². The maximum atomic E-state index is 13.2. The molecule has 0 radical (unpaired) electrons. The molecule has 3 fully saturated rings. The number of anilines is 2. The summed E-state index contributed by atoms with van der Waals surface area (Å²) in [4.78, 5) is 21.6. The van der Waals surface area contributed by atoms with Crippen LogP contribution in [-0.2, 0) is 4.79 Å². The van der Waals surface area contributed by atoms with E-state index in [9.17, 15) is 10.1 Å². The van der Waals surface area contributed by atoms with Gasteiger partial charge in [-0.1, -0.05) is 12.8 Å². The predicted octanol–water partition coefficient (Wildman–Crippen LogP) is 2.67. The molecule has 2 N–H and O–H groups in total. The Morgan fingerprint density at radius 3 is 2.70 bits per heavy atom. The van der Waals surface area contributed by atoms with Gasteiger partial charge in [0.15, 0.2) is 5.82 Å². The first-order valence-electron chi connectivity index (χ1n) is 9.35. The van der Waals surface area contributed by atoms with Crippen molar-refractivity contribution in [2.45, 2.75) is 39.0 Å². The fraction of sp³-hybridized carbons (Fsp3) is 0.526. The molecule has 3 aliphatic rings. The van der Waals surface area contributed by atoms with Gasteiger partial charge in [-0.05, 0) is 38.0 Å². The molecule has 3 aliphatic carbocycles. The van der Waals surface area contributed by atoms with E-state index in [2.05, 4.69) is 31.8 Å². The summed E-state index contributed by atoms with van der Waals surface area (Å²) >= 11 is 0. The van der Waals surface area contributed by atoms with E-state index in [0.717, 1.165) is 31.4 Å². The van der Waals surface area contributed by atoms with Crippen molar-refractivity contribution in [3.8, 4) is 11.9 Å². The largest absolute Gasteiger partial charge is 0.373 e. The van der Waals surface area contributed by atoms with Crippen molar-refractivity contribution in [3.05, 3.63) is 24.2 Å². The zero-order valence-corrected chi connectivity index (χ0v) is 15.6. The van der Waals surface area contributed by atoms with Crippen molar-refractivity contribution in [2.75, 3.05) is 17.7 Å². The molecule has 1 unspecified atom stereocenters. The number of carbonyl (C=O) groups is 1. The molecule has 0 aliphatic heterocycles. The Morgan fingerprint density at radius 2 is 2.07 bits per heavy atom. The monoisotopic (exact) mass is 365 g/mol. The lowest BCUT2D eigenvalue weighted by Gasteiger charge is -2.46. The Kier molecular flexibility index (Phi) is 4.30. The minimum Gasteiger partial charge on any atom is -0.373 e. The van der Waals surface area contributed by atoms with Gasteiger partial charge >= 0.3 is 0 Å². The highest BCUT2D eigenvalue weighted by atomic mass is 16.2. The maximum Gasteiger partial charge on any atom is 0.246 e. The lowest BCUT2D eigenvalue weighted by molar-refractivity contribution is -0.130. The molecule has 3 saturated carbocycles. The molecule has 8 heteroatoms. The van der Waals surface area contributed by atoms with E-state index in [1.54, 1.807) is 23.9 Å². The minimum atomic E-state index is -0.939. The number of nitrogens with one attached hydrogen (secondary N) is 2. The van der Waals surface area contributed by atoms with E-state index in [4.69, 9.17) is 0 Å². The standard InChI is InChI=1S/C19H23N7O/c1-12-7-17(26(25-12)16-8-15(21-2)22-11-23-16)24-18(27)19(10-20)9-13-3-5-14(19)6-4-13/h7-8,11,13-14H,3-6,9H2,1-2H3,(H,24,27)(H,21,22,23). The molecule has 5 rings (SSSR count). The van der Waals surface area contributed by atoms with Crippen LogP contribution in [0.3, 0.4) is 0 Å². The van der Waals surface area contributed by atoms with Gasteiger partial charge in [-0.15, -0.1) is 0 Å². The number of hydrogen-bond acceptors (Lipinski definition) is 6. The number of aryl methyl sites for hydroxylation is 1. The smallest absolute Gasteiger partial charge is 0.246 e. The van der Waals surface area contributed by atoms with Crippen LogP contribution >= 0.6 is 0 Å². The third-order valence-corrected chi connectivity index (χ3v) is 5.96. The topological polar surface area (TPSA) is 109 Å². The number of nitrogens with zero attached hydrogens (tertiary/aromatic N) is 5. The number of aromatic nitrogens is 4. The van der Waals surface area contributed by atoms with E-state index in [0.29, 0.717) is 29.8 Å². The summed E-state index contributed by atoms with van der Waals surface area (Å²) in [5, 5.41) is 20.3. The number of rotatable bonds is 4. The first kappa shape index (κ1) is 17.5. The summed E-state index contributed by atoms with van der Waals surface area (Å²) in [6.07, 6.45) is 6.28. The van der Waals surface area contributed by atoms with Gasteiger partial charge in [-0.3, -0.25) is 4.79 Å². The highest BCUT2D eigenvalue weighted by Crippen LogP contribution is 2.52. The van der Waals surface area contributed by atoms with Crippen LogP contribution in [0.15, 0.2) is 18.5 Å². The Bertz CT molecular complexity index is 907. The Hall–Kier alpha value is -2.95. The van der Waals surface area contributed by atoms with Crippen molar-refractivity contribution in [3.63, 3.8) is 0 Å². The highest BCUT2D eigenvalue weighted by Gasteiger charge is 2.53. The van der Waals surface area contributed by atoms with Crippen LogP contribution in [0.1, 0.15) is 37.8 Å². The summed E-state index contributed by atoms with van der Waals surface area (Å²) in [5.74, 6) is 2.13. The lowest BCUT2D eigenvalue weighted by Crippen LogP contribution is -2.48. The fourth-order valence-corrected chi connectivity index (χ4v) is 4.54. The first-order chi connectivity index (χ1) is 13.1. The molecule has 0 spiro atoms. The molecule has 140 valence electrons. The number of nitriles is 1. The average Bonchev–Trinajstić information content (AvgIpc) is 3.08. The zero-order chi connectivity index (χ0) is 19.0. The van der Waals surface area contributed by atoms with Gasteiger partial charge in [0.25, 0.3) is 0 Å². The highest BCUT2D eigenvalue weighted by molar-refractivity contribution is 5.97. The van der Waals surface area contributed by atoms with E-state index in [1.165, 1.54) is 6.33 Å². The Labute approximate surface area is 158 Å². The molecule has 2 heterocycles. The summed E-state index contributed by atoms with van der Waals surface area (Å²) in [6.45, 7) is 1.86. The van der Waals surface area contributed by atoms with Crippen molar-refractivity contribution >= 4 is 17.5 Å². The van der Waals surface area contributed by atoms with Gasteiger partial charge in [-0.25, -0.2) is 9.97 Å². The van der Waals surface area contributed by atoms with Crippen LogP contribution in [0, 0.1) is 35.5 Å². The van der Waals surface area contributed by atoms with Gasteiger partial charge in [0.05, 0.1) is 11.8 Å². The maximum absolute atomic E-state index is 13.2. The third kappa shape index (κ3) is 2.93. The normalized spacial score (nSPS) is 26.4. The molecule has 2 aromatic heterocycles. The van der Waals surface area contributed by atoms with Crippen molar-refractivity contribution in [1.82, 2.24) is 19.7 Å². The van der Waals surface area contributed by atoms with Gasteiger partial charge in [0.1, 0.15) is 23.4 Å². The molecule has 8 nitrogen and oxygen atoms in total. The van der Waals surface area contributed by atoms with Crippen LogP contribution < -0.4 is 10.6 Å². The number of fused-ring (bicyclic) bond motifs is 3. The summed E-state index contributed by atoms with van der Waals surface area (Å²) in [5.41, 5.74) is -0.183. The zero-order valence-electron chi connectivity index (χ0n) is 15.6. The number of amides is 1. The second-order valence-electron chi connectivity index (χ2n) is 7.55. The second-order valence-corrected chi connectivity index (χ2v) is 7.55. The quantitative estimate of drug-likeness (QED) is 0.862. The van der Waals surface area contributed by atoms with Crippen LogP contribution in [0.4, 0.5) is 11.6 Å². The SMILES string of the molecule is CNc1cc(-n2nc(C)cc2NC(=O)C2(C#N)CC3CCC2CC3)ncn1. The summed E-state index contributed by atoms with van der Waals surface area (Å²) in [7, 11) is 1.78. The van der Waals surface area contributed by atoms with Crippen molar-refractivity contribution in [2.24, 2.45) is 17.3 Å². The van der Waals surface area contributed by atoms with E-state index >= 15 is 0 Å². The average molecular weight is 365 g/mol. The number of carbonyl (C=O) groups excluding carboxylic acids is 1. The van der Waals surface area contributed by atoms with Gasteiger partial charge in [0.2, 0.25) is 5.91 Å². The molecule has 2 bridgehead atoms. The van der Waals surface area contributed by atoms with Gasteiger partial charge < -0.3 is 10.6 Å². The molecule has 1 atom stereocenters. The lowest BCUT2D eigenvalue weighted by atomic mass is 9.56. The molecule has 0 aromatic carbocycles. The molecular formula is C19H23N7O. The van der Waals surface area contributed by atoms with Gasteiger partial charge in [0, 0.05) is 19.2 Å². The number of hydrogen-bond donors (Lipinski definition) is 2. The fourth-order valence-electron chi connectivity index (χ4n) is 4.54. The van der Waals surface area contributed by atoms with Crippen molar-refractivity contribution in [1.29, 1.82) is 5.26 Å². The van der Waals surface area contributed by atoms with Crippen molar-refractivity contribution < 1.29 is 4.79 Å². The molecule has 2 aromatic rings. The predicted molar refractivity (Wildman–Crippen MR) is 100 cm³/mol. The van der Waals surface area contributed by atoms with Crippen LogP contribution in [-0.4, -0.2) is 32.7 Å². The molecule has 27 heavy (non-hydrogen) atoms. The molecule has 1 amide bonds. The van der Waals surface area contributed by atoms with Gasteiger partial charge in [-0.2, -0.15) is 15.0 Å². The Balaban J connectivity index is 1.65. The summed E-state index contributed by atoms with van der Waals surface area (Å²) in [6, 6.07) is 5.93. The minimum absolute atomic E-state index is 0.139. The summed E-state index contributed by atoms with van der Waals surface area (Å²) < 4.78 is 1.59. The van der Waals surface area contributed by atoms with E-state index in [-0.39, 0.29) is 11.8 Å². The molecular weight excluding hydrogens is 342 g/mol. The Morgan fingerprint density at radius 1 is 1.30 bits per heavy atom. The van der Waals surface area contributed by atoms with Crippen LogP contribution in [0.25, 0.3) is 5.82 Å². The third-order valence-electron chi connectivity index (χ3n) is 5.96. The van der Waals surface area contributed by atoms with Crippen LogP contribution in [0.2, 0.25) is 0 Å². The van der Waals surface area contributed by atoms with E-state index in [1.807, 2.05) is 6.92 Å². The first-order valence-corrected chi connectivity index (χ1v) is 9.35. The second kappa shape index (κ2) is 6.65. The van der Waals surface area contributed by atoms with Crippen LogP contribution in [0.5, 0.6) is 0 Å². The molecule has 0 saturated heterocycles.